The van der Waals surface area contributed by atoms with Crippen LogP contribution in [0.4, 0.5) is 5.69 Å². The van der Waals surface area contributed by atoms with E-state index in [0.717, 1.165) is 49.0 Å². The van der Waals surface area contributed by atoms with Crippen LogP contribution in [0.1, 0.15) is 79.7 Å². The molecule has 0 saturated carbocycles. The van der Waals surface area contributed by atoms with Crippen LogP contribution >= 0.6 is 22.9 Å². The Morgan fingerprint density at radius 1 is 1.00 bits per heavy atom. The number of ether oxygens (including phenoxy) is 1. The molecule has 61 heavy (non-hydrogen) atoms. The first-order chi connectivity index (χ1) is 29.3. The fourth-order valence-electron chi connectivity index (χ4n) is 7.53. The molecule has 0 radical (unpaired) electrons. The van der Waals surface area contributed by atoms with Gasteiger partial charge in [0.1, 0.15) is 22.9 Å². The highest BCUT2D eigenvalue weighted by molar-refractivity contribution is 7.92. The van der Waals surface area contributed by atoms with Gasteiger partial charge in [-0.3, -0.25) is 23.9 Å². The van der Waals surface area contributed by atoms with Crippen molar-refractivity contribution in [2.75, 3.05) is 11.8 Å². The Bertz CT molecular complexity index is 3070. The number of aliphatic imine (C=N–C) groups is 1. The Morgan fingerprint density at radius 2 is 1.74 bits per heavy atom. The molecular formula is C45H39ClN8O5S2. The molecule has 1 aliphatic rings. The Morgan fingerprint density at radius 3 is 2.43 bits per heavy atom. The van der Waals surface area contributed by atoms with Crippen LogP contribution in [-0.4, -0.2) is 52.9 Å². The van der Waals surface area contributed by atoms with Crippen molar-refractivity contribution in [2.45, 2.75) is 58.0 Å². The number of anilines is 1. The van der Waals surface area contributed by atoms with Crippen molar-refractivity contribution in [1.29, 1.82) is 5.26 Å². The molecule has 16 heteroatoms. The molecule has 0 aliphatic carbocycles. The number of nitriles is 1. The summed E-state index contributed by atoms with van der Waals surface area (Å²) < 4.78 is 36.4. The number of aromatic amines is 1. The van der Waals surface area contributed by atoms with Crippen molar-refractivity contribution in [2.24, 2.45) is 4.99 Å². The molecular weight excluding hydrogens is 832 g/mol. The van der Waals surface area contributed by atoms with Gasteiger partial charge in [-0.2, -0.15) is 5.26 Å². The third-order valence-corrected chi connectivity index (χ3v) is 13.8. The second kappa shape index (κ2) is 16.5. The average molecular weight is 871 g/mol. The lowest BCUT2D eigenvalue weighted by Crippen LogP contribution is -2.22. The average Bonchev–Trinajstić information content (AvgIpc) is 3.93. The monoisotopic (exact) mass is 870 g/mol. The molecule has 0 bridgehead atoms. The number of aromatic nitrogens is 4. The Hall–Kier alpha value is -6.60. The lowest BCUT2D eigenvalue weighted by Gasteiger charge is -2.13. The fourth-order valence-corrected chi connectivity index (χ4v) is 10.1. The molecule has 13 nitrogen and oxygen atoms in total. The smallest absolute Gasteiger partial charge is 0.308 e. The number of sulfonamides is 1. The van der Waals surface area contributed by atoms with Crippen LogP contribution in [0.25, 0.3) is 27.0 Å². The van der Waals surface area contributed by atoms with Crippen LogP contribution < -0.4 is 10.0 Å². The molecule has 0 fully saturated rings. The number of aryl methyl sites for hydroxylation is 3. The minimum atomic E-state index is -3.96. The number of carbonyl (C=O) groups is 2. The second-order valence-corrected chi connectivity index (χ2v) is 17.9. The first-order valence-electron chi connectivity index (χ1n) is 19.3. The summed E-state index contributed by atoms with van der Waals surface area (Å²) in [7, 11) is -2.61. The third-order valence-electron chi connectivity index (χ3n) is 10.9. The number of benzene rings is 4. The molecule has 4 heterocycles. The lowest BCUT2D eigenvalue weighted by molar-refractivity contribution is -0.141. The maximum Gasteiger partial charge on any atom is 0.308 e. The van der Waals surface area contributed by atoms with Crippen LogP contribution in [-0.2, 0) is 32.5 Å². The van der Waals surface area contributed by atoms with E-state index in [1.165, 1.54) is 19.2 Å². The molecule has 3 aromatic heterocycles. The van der Waals surface area contributed by atoms with Crippen LogP contribution in [0, 0.1) is 32.1 Å². The molecule has 7 aromatic rings. The first-order valence-corrected chi connectivity index (χ1v) is 22.0. The maximum atomic E-state index is 13.4. The van der Waals surface area contributed by atoms with E-state index in [1.807, 2.05) is 48.7 Å². The van der Waals surface area contributed by atoms with Gasteiger partial charge >= 0.3 is 5.97 Å². The van der Waals surface area contributed by atoms with E-state index in [4.69, 9.17) is 21.3 Å². The zero-order valence-electron chi connectivity index (χ0n) is 33.8. The normalized spacial score (nSPS) is 13.5. The summed E-state index contributed by atoms with van der Waals surface area (Å²) in [4.78, 5) is 35.1. The van der Waals surface area contributed by atoms with E-state index in [2.05, 4.69) is 45.1 Å². The van der Waals surface area contributed by atoms with E-state index >= 15 is 0 Å². The van der Waals surface area contributed by atoms with Crippen molar-refractivity contribution in [3.05, 3.63) is 146 Å². The summed E-state index contributed by atoms with van der Waals surface area (Å²) in [6.45, 7) is 8.15. The van der Waals surface area contributed by atoms with E-state index < -0.39 is 22.0 Å². The molecule has 3 N–H and O–H groups in total. The van der Waals surface area contributed by atoms with Crippen LogP contribution in [0.3, 0.4) is 0 Å². The van der Waals surface area contributed by atoms with Gasteiger partial charge in [0.05, 0.1) is 40.9 Å². The number of thiophene rings is 1. The largest absolute Gasteiger partial charge is 0.469 e. The van der Waals surface area contributed by atoms with Crippen LogP contribution in [0.15, 0.2) is 94.9 Å². The highest BCUT2D eigenvalue weighted by Crippen LogP contribution is 2.40. The molecule has 1 amide bonds. The number of esters is 1. The predicted octanol–water partition coefficient (Wildman–Crippen LogP) is 8.68. The van der Waals surface area contributed by atoms with Crippen LogP contribution in [0.5, 0.6) is 0 Å². The van der Waals surface area contributed by atoms with E-state index in [0.29, 0.717) is 56.4 Å². The number of fused-ring (bicyclic) bond motifs is 4. The predicted molar refractivity (Wildman–Crippen MR) is 236 cm³/mol. The number of rotatable bonds is 11. The number of amides is 1. The molecule has 0 unspecified atom stereocenters. The number of nitrogens with zero attached hydrogens (tertiary/aromatic N) is 5. The van der Waals surface area contributed by atoms with Crippen molar-refractivity contribution >= 4 is 67.1 Å². The molecule has 4 aromatic carbocycles. The van der Waals surface area contributed by atoms with E-state index in [1.54, 1.807) is 53.9 Å². The zero-order chi connectivity index (χ0) is 43.2. The second-order valence-electron chi connectivity index (χ2n) is 14.6. The van der Waals surface area contributed by atoms with Crippen molar-refractivity contribution < 1.29 is 22.7 Å². The first kappa shape index (κ1) is 41.1. The van der Waals surface area contributed by atoms with Crippen LogP contribution in [0.2, 0.25) is 5.02 Å². The minimum Gasteiger partial charge on any atom is -0.469 e. The van der Waals surface area contributed by atoms with Crippen molar-refractivity contribution in [3.63, 3.8) is 0 Å². The maximum absolute atomic E-state index is 13.4. The van der Waals surface area contributed by atoms with Crippen molar-refractivity contribution in [3.8, 4) is 22.2 Å². The number of halogens is 1. The zero-order valence-corrected chi connectivity index (χ0v) is 36.1. The van der Waals surface area contributed by atoms with Gasteiger partial charge in [0.25, 0.3) is 15.9 Å². The van der Waals surface area contributed by atoms with Gasteiger partial charge in [-0.25, -0.2) is 8.42 Å². The summed E-state index contributed by atoms with van der Waals surface area (Å²) in [6.07, 6.45) is 2.27. The number of H-pyrrole nitrogens is 1. The third kappa shape index (κ3) is 7.70. The standard InChI is InChI=1S/C45H39ClN8O5S2/c1-6-28-14-18-36(42-40(28)32(21-47)23-48-42)53-61(57,58)33-15-7-27(8-16-33)22-49-44(56)31-13-17-34(35(46)19-31)29-9-11-30(12-10-29)41-39-24(2)25(3)60-45(39)54-26(4)51-52-43(54)37(50-41)20-38(55)59-5/h7-19,23,37,48,53H,6,20,22H2,1-5H3,(H,49,56)/t37-/m0/s1. The van der Waals surface area contributed by atoms with E-state index in [-0.39, 0.29) is 23.8 Å². The molecule has 0 spiro atoms. The summed E-state index contributed by atoms with van der Waals surface area (Å²) in [5.74, 6) is 0.532. The molecule has 0 saturated heterocycles. The Kier molecular flexibility index (Phi) is 11.1. The number of nitrogens with one attached hydrogen (secondary N) is 3. The minimum absolute atomic E-state index is 0.00671. The lowest BCUT2D eigenvalue weighted by atomic mass is 9.96. The Labute approximate surface area is 361 Å². The summed E-state index contributed by atoms with van der Waals surface area (Å²) in [5.41, 5.74) is 8.52. The fraction of sp³-hybridized carbons (Fsp3) is 0.200. The van der Waals surface area contributed by atoms with Gasteiger partial charge in [0, 0.05) is 50.3 Å². The molecule has 1 atom stereocenters. The number of hydrogen-bond donors (Lipinski definition) is 3. The van der Waals surface area contributed by atoms with Gasteiger partial charge in [-0.05, 0) is 79.8 Å². The number of hydrogen-bond acceptors (Lipinski definition) is 10. The number of carbonyl (C=O) groups excluding carboxylic acids is 2. The summed E-state index contributed by atoms with van der Waals surface area (Å²) >= 11 is 8.43. The molecule has 1 aliphatic heterocycles. The molecule has 8 rings (SSSR count). The van der Waals surface area contributed by atoms with Gasteiger partial charge in [0.2, 0.25) is 0 Å². The van der Waals surface area contributed by atoms with Gasteiger partial charge in [0.15, 0.2) is 5.82 Å². The highest BCUT2D eigenvalue weighted by Gasteiger charge is 2.33. The summed E-state index contributed by atoms with van der Waals surface area (Å²) in [5, 5.41) is 23.2. The SMILES string of the molecule is CCc1ccc(NS(=O)(=O)c2ccc(CNC(=O)c3ccc(-c4ccc(C5=N[C@@H](CC(=O)OC)c6nnc(C)n6-c6sc(C)c(C)c65)cc4)c(Cl)c3)cc2)c2[nH]cc(C#N)c12. The number of methoxy groups -OCH3 is 1. The summed E-state index contributed by atoms with van der Waals surface area (Å²) in [6, 6.07) is 24.2. The van der Waals surface area contributed by atoms with Gasteiger partial charge < -0.3 is 15.0 Å². The highest BCUT2D eigenvalue weighted by atomic mass is 35.5. The molecule has 308 valence electrons. The quantitative estimate of drug-likeness (QED) is 0.108. The van der Waals surface area contributed by atoms with E-state index in [9.17, 15) is 23.3 Å². The van der Waals surface area contributed by atoms with Gasteiger partial charge in [-0.15, -0.1) is 21.5 Å². The Balaban J connectivity index is 0.961. The van der Waals surface area contributed by atoms with Gasteiger partial charge in [-0.1, -0.05) is 67.1 Å². The topological polar surface area (TPSA) is 184 Å². The van der Waals surface area contributed by atoms with Crippen molar-refractivity contribution in [1.82, 2.24) is 25.1 Å².